The summed E-state index contributed by atoms with van der Waals surface area (Å²) in [5, 5.41) is 1.93. The number of benzene rings is 1. The maximum absolute atomic E-state index is 11.7. The van der Waals surface area contributed by atoms with E-state index in [1.165, 1.54) is 13.8 Å². The molecule has 0 fully saturated rings. The van der Waals surface area contributed by atoms with Crippen molar-refractivity contribution in [2.45, 2.75) is 19.1 Å². The van der Waals surface area contributed by atoms with Crippen molar-refractivity contribution in [1.29, 1.82) is 0 Å². The van der Waals surface area contributed by atoms with Crippen LogP contribution < -0.4 is 15.8 Å². The lowest BCUT2D eigenvalue weighted by Crippen LogP contribution is -2.31. The van der Waals surface area contributed by atoms with E-state index in [4.69, 9.17) is 5.73 Å². The highest BCUT2D eigenvalue weighted by molar-refractivity contribution is 7.93. The fourth-order valence-corrected chi connectivity index (χ4v) is 2.14. The first kappa shape index (κ1) is 14.5. The lowest BCUT2D eigenvalue weighted by Gasteiger charge is -2.13. The zero-order valence-corrected chi connectivity index (χ0v) is 11.1. The summed E-state index contributed by atoms with van der Waals surface area (Å²) >= 11 is 0. The third kappa shape index (κ3) is 4.01. The predicted molar refractivity (Wildman–Crippen MR) is 71.8 cm³/mol. The van der Waals surface area contributed by atoms with Gasteiger partial charge in [0.1, 0.15) is 0 Å². The summed E-state index contributed by atoms with van der Waals surface area (Å²) in [5.74, 6) is -0.180. The maximum atomic E-state index is 11.7. The van der Waals surface area contributed by atoms with Crippen LogP contribution >= 0.6 is 0 Å². The van der Waals surface area contributed by atoms with Crippen molar-refractivity contribution >= 4 is 27.3 Å². The second-order valence-electron chi connectivity index (χ2n) is 3.95. The molecular formula is C11H17N3O3S. The first-order valence-electron chi connectivity index (χ1n) is 5.44. The van der Waals surface area contributed by atoms with Crippen LogP contribution in [0.25, 0.3) is 0 Å². The van der Waals surface area contributed by atoms with Gasteiger partial charge in [-0.3, -0.25) is 9.52 Å². The van der Waals surface area contributed by atoms with E-state index in [9.17, 15) is 13.2 Å². The Morgan fingerprint density at radius 3 is 2.22 bits per heavy atom. The van der Waals surface area contributed by atoms with Crippen LogP contribution in [0.15, 0.2) is 24.3 Å². The molecule has 0 bridgehead atoms. The molecule has 0 aliphatic rings. The normalized spacial score (nSPS) is 12.8. The molecule has 18 heavy (non-hydrogen) atoms. The summed E-state index contributed by atoms with van der Waals surface area (Å²) in [6.07, 6.45) is 0. The van der Waals surface area contributed by atoms with Crippen molar-refractivity contribution in [2.75, 3.05) is 16.6 Å². The van der Waals surface area contributed by atoms with E-state index in [0.29, 0.717) is 11.4 Å². The highest BCUT2D eigenvalue weighted by atomic mass is 32.2. The van der Waals surface area contributed by atoms with Crippen LogP contribution in [0.5, 0.6) is 0 Å². The molecule has 0 aliphatic heterocycles. The average Bonchev–Trinajstić information content (AvgIpc) is 2.29. The molecule has 0 heterocycles. The van der Waals surface area contributed by atoms with Crippen molar-refractivity contribution in [3.05, 3.63) is 24.3 Å². The summed E-state index contributed by atoms with van der Waals surface area (Å²) in [6, 6.07) is 6.39. The Labute approximate surface area is 107 Å². The van der Waals surface area contributed by atoms with Gasteiger partial charge in [-0.15, -0.1) is 0 Å². The van der Waals surface area contributed by atoms with Gasteiger partial charge < -0.3 is 11.1 Å². The van der Waals surface area contributed by atoms with Crippen LogP contribution in [0.3, 0.4) is 0 Å². The Kier molecular flexibility index (Phi) is 4.69. The van der Waals surface area contributed by atoms with Crippen LogP contribution in [0.1, 0.15) is 13.8 Å². The van der Waals surface area contributed by atoms with E-state index >= 15 is 0 Å². The fraction of sp³-hybridized carbons (Fsp3) is 0.364. The van der Waals surface area contributed by atoms with Crippen LogP contribution in [0.2, 0.25) is 0 Å². The molecule has 6 nitrogen and oxygen atoms in total. The molecule has 0 radical (unpaired) electrons. The molecule has 1 aromatic carbocycles. The Morgan fingerprint density at radius 1 is 1.28 bits per heavy atom. The van der Waals surface area contributed by atoms with Crippen LogP contribution in [-0.2, 0) is 14.8 Å². The zero-order chi connectivity index (χ0) is 13.8. The molecule has 0 saturated heterocycles. The summed E-state index contributed by atoms with van der Waals surface area (Å²) in [5.41, 5.74) is 6.37. The van der Waals surface area contributed by atoms with Crippen molar-refractivity contribution in [2.24, 2.45) is 5.73 Å². The molecule has 7 heteroatoms. The Morgan fingerprint density at radius 2 is 1.78 bits per heavy atom. The number of sulfonamides is 1. The van der Waals surface area contributed by atoms with E-state index in [1.54, 1.807) is 24.3 Å². The number of hydrogen-bond acceptors (Lipinski definition) is 4. The van der Waals surface area contributed by atoms with Crippen LogP contribution in [0, 0.1) is 0 Å². The third-order valence-corrected chi connectivity index (χ3v) is 4.10. The van der Waals surface area contributed by atoms with Gasteiger partial charge in [0.25, 0.3) is 0 Å². The second-order valence-corrected chi connectivity index (χ2v) is 6.05. The van der Waals surface area contributed by atoms with Gasteiger partial charge in [0.05, 0.1) is 5.25 Å². The van der Waals surface area contributed by atoms with Crippen LogP contribution in [0.4, 0.5) is 11.4 Å². The summed E-state index contributed by atoms with van der Waals surface area (Å²) in [4.78, 5) is 10.8. The first-order valence-corrected chi connectivity index (χ1v) is 6.99. The molecule has 1 rings (SSSR count). The molecule has 0 aromatic heterocycles. The minimum Gasteiger partial charge on any atom is -0.329 e. The van der Waals surface area contributed by atoms with E-state index in [2.05, 4.69) is 10.0 Å². The van der Waals surface area contributed by atoms with Gasteiger partial charge in [0.15, 0.2) is 0 Å². The van der Waals surface area contributed by atoms with Crippen molar-refractivity contribution in [1.82, 2.24) is 0 Å². The summed E-state index contributed by atoms with van der Waals surface area (Å²) in [7, 11) is -3.46. The number of hydrogen-bond donors (Lipinski definition) is 3. The minimum absolute atomic E-state index is 0.0549. The number of nitrogens with two attached hydrogens (primary N) is 1. The van der Waals surface area contributed by atoms with Gasteiger partial charge in [-0.25, -0.2) is 8.42 Å². The highest BCUT2D eigenvalue weighted by Gasteiger charge is 2.18. The van der Waals surface area contributed by atoms with Gasteiger partial charge >= 0.3 is 0 Å². The van der Waals surface area contributed by atoms with Crippen molar-refractivity contribution in [3.8, 4) is 0 Å². The molecular weight excluding hydrogens is 254 g/mol. The molecule has 0 aliphatic carbocycles. The fourth-order valence-electron chi connectivity index (χ4n) is 1.22. The quantitative estimate of drug-likeness (QED) is 0.735. The van der Waals surface area contributed by atoms with E-state index in [1.807, 2.05) is 0 Å². The monoisotopic (exact) mass is 271 g/mol. The molecule has 1 atom stereocenters. The molecule has 1 unspecified atom stereocenters. The second kappa shape index (κ2) is 5.83. The average molecular weight is 271 g/mol. The Bertz CT molecular complexity index is 511. The van der Waals surface area contributed by atoms with Crippen LogP contribution in [-0.4, -0.2) is 26.1 Å². The topological polar surface area (TPSA) is 101 Å². The maximum Gasteiger partial charge on any atom is 0.236 e. The Balaban J connectivity index is 2.78. The number of nitrogens with one attached hydrogen (secondary N) is 2. The van der Waals surface area contributed by atoms with Crippen molar-refractivity contribution < 1.29 is 13.2 Å². The number of amides is 1. The molecule has 1 amide bonds. The van der Waals surface area contributed by atoms with Gasteiger partial charge in [-0.2, -0.15) is 0 Å². The highest BCUT2D eigenvalue weighted by Crippen LogP contribution is 2.15. The number of carbonyl (C=O) groups excluding carboxylic acids is 1. The predicted octanol–water partition coefficient (Wildman–Crippen LogP) is 0.734. The van der Waals surface area contributed by atoms with Gasteiger partial charge in [-0.1, -0.05) is 0 Å². The van der Waals surface area contributed by atoms with E-state index < -0.39 is 15.3 Å². The lowest BCUT2D eigenvalue weighted by atomic mass is 10.3. The SMILES string of the molecule is CC(=O)Nc1ccc(NS(=O)(=O)C(C)CN)cc1. The van der Waals surface area contributed by atoms with Gasteiger partial charge in [-0.05, 0) is 31.2 Å². The van der Waals surface area contributed by atoms with Crippen molar-refractivity contribution in [3.63, 3.8) is 0 Å². The summed E-state index contributed by atoms with van der Waals surface area (Å²) in [6.45, 7) is 2.99. The Hall–Kier alpha value is -1.60. The lowest BCUT2D eigenvalue weighted by molar-refractivity contribution is -0.114. The summed E-state index contributed by atoms with van der Waals surface area (Å²) < 4.78 is 25.9. The largest absolute Gasteiger partial charge is 0.329 e. The molecule has 0 spiro atoms. The molecule has 100 valence electrons. The van der Waals surface area contributed by atoms with Gasteiger partial charge in [0, 0.05) is 24.8 Å². The number of rotatable bonds is 5. The third-order valence-electron chi connectivity index (χ3n) is 2.33. The molecule has 1 aromatic rings. The smallest absolute Gasteiger partial charge is 0.236 e. The number of anilines is 2. The minimum atomic E-state index is -3.46. The zero-order valence-electron chi connectivity index (χ0n) is 10.3. The van der Waals surface area contributed by atoms with E-state index in [0.717, 1.165) is 0 Å². The van der Waals surface area contributed by atoms with E-state index in [-0.39, 0.29) is 12.5 Å². The number of carbonyl (C=O) groups is 1. The first-order chi connectivity index (χ1) is 8.35. The molecule has 0 saturated carbocycles. The molecule has 4 N–H and O–H groups in total. The van der Waals surface area contributed by atoms with Gasteiger partial charge in [0.2, 0.25) is 15.9 Å². The standard InChI is InChI=1S/C11H17N3O3S/c1-8(7-12)18(16,17)14-11-5-3-10(4-6-11)13-9(2)15/h3-6,8,14H,7,12H2,1-2H3,(H,13,15).